The number of methoxy groups -OCH3 is 3. The lowest BCUT2D eigenvalue weighted by atomic mass is 10.1. The zero-order chi connectivity index (χ0) is 44.7. The molecule has 17 heteroatoms. The molecule has 5 N–H and O–H groups in total. The maximum Gasteiger partial charge on any atom is 0.307 e. The molecule has 16 nitrogen and oxygen atoms in total. The Morgan fingerprint density at radius 3 is 1.73 bits per heavy atom. The minimum Gasteiger partial charge on any atom is -0.469 e. The third-order valence-electron chi connectivity index (χ3n) is 12.5. The van der Waals surface area contributed by atoms with Gasteiger partial charge in [0, 0.05) is 82.3 Å². The molecule has 1 amide bonds. The highest BCUT2D eigenvalue weighted by Gasteiger charge is 2.29. The number of halogens is 1. The standard InChI is InChI=1S/C10H19NO2.C9H18N2O2.C8H14N2O.C8H16N2.C7H13NO2.C3H6O.ClH/c1-3-6-11-7-4-5-9(11)8-10(12)13-2;1-13-9(12)7-8-3-2-5-11(8)6-4-10;11-8-6-7-2-1-4-10(7)5-3-9-8;1-2-8-3-4-9-5-7-10(8)6-1;1-10-7(9)5-6-3-2-4-8-6;1-2-3-4;/h9H,3-8H2,1-2H3;8H,2-7,10H2,1H3;7H,1-6H2,(H,9,11);8-9H,1-7H2;6,8H,2-5H2,1H3;3H,2H2,1H3;1H/t9-;8-;7-;8-;6-;;/m00000../s1. The summed E-state index contributed by atoms with van der Waals surface area (Å²) in [7, 11) is 4.32. The highest BCUT2D eigenvalue weighted by atomic mass is 35.5. The molecule has 62 heavy (non-hydrogen) atoms. The zero-order valence-corrected chi connectivity index (χ0v) is 40.0. The van der Waals surface area contributed by atoms with Gasteiger partial charge in [-0.2, -0.15) is 0 Å². The number of esters is 3. The molecule has 5 atom stereocenters. The van der Waals surface area contributed by atoms with Gasteiger partial charge >= 0.3 is 17.9 Å². The normalized spacial score (nSPS) is 25.7. The Morgan fingerprint density at radius 1 is 0.661 bits per heavy atom. The largest absolute Gasteiger partial charge is 0.469 e. The molecule has 7 rings (SSSR count). The fourth-order valence-electron chi connectivity index (χ4n) is 9.24. The molecule has 7 heterocycles. The first-order chi connectivity index (χ1) is 29.6. The van der Waals surface area contributed by atoms with E-state index >= 15 is 0 Å². The molecule has 0 saturated carbocycles. The number of nitrogens with one attached hydrogen (secondary N) is 3. The Hall–Kier alpha value is -2.44. The number of amides is 1. The number of carbonyl (C=O) groups is 5. The fraction of sp³-hybridized carbons (Fsp3) is 0.889. The maximum atomic E-state index is 11.1. The third-order valence-corrected chi connectivity index (χ3v) is 12.5. The molecule has 0 aromatic carbocycles. The molecule has 0 bridgehead atoms. The van der Waals surface area contributed by atoms with Gasteiger partial charge in [0.05, 0.1) is 40.6 Å². The van der Waals surface area contributed by atoms with Crippen molar-refractivity contribution in [3.05, 3.63) is 0 Å². The van der Waals surface area contributed by atoms with Gasteiger partial charge in [-0.05, 0) is 123 Å². The van der Waals surface area contributed by atoms with Crippen LogP contribution in [0.25, 0.3) is 0 Å². The van der Waals surface area contributed by atoms with Crippen LogP contribution in [0.4, 0.5) is 0 Å². The lowest BCUT2D eigenvalue weighted by molar-refractivity contribution is -0.142. The second-order valence-electron chi connectivity index (χ2n) is 16.9. The zero-order valence-electron chi connectivity index (χ0n) is 39.2. The first-order valence-electron chi connectivity index (χ1n) is 23.6. The number of fused-ring (bicyclic) bond motifs is 2. The van der Waals surface area contributed by atoms with E-state index in [1.54, 1.807) is 0 Å². The van der Waals surface area contributed by atoms with Crippen molar-refractivity contribution in [1.82, 2.24) is 35.6 Å². The molecule has 0 radical (unpaired) electrons. The van der Waals surface area contributed by atoms with E-state index < -0.39 is 0 Å². The van der Waals surface area contributed by atoms with Crippen LogP contribution in [-0.4, -0.2) is 186 Å². The summed E-state index contributed by atoms with van der Waals surface area (Å²) in [6, 6.07) is 2.64. The molecule has 0 aromatic heterocycles. The van der Waals surface area contributed by atoms with E-state index in [0.29, 0.717) is 56.4 Å². The van der Waals surface area contributed by atoms with Gasteiger partial charge in [-0.3, -0.25) is 38.8 Å². The van der Waals surface area contributed by atoms with Crippen molar-refractivity contribution in [1.29, 1.82) is 0 Å². The number of rotatable bonds is 11. The summed E-state index contributed by atoms with van der Waals surface area (Å²) in [5, 5.41) is 9.55. The van der Waals surface area contributed by atoms with Crippen LogP contribution in [0.15, 0.2) is 0 Å². The highest BCUT2D eigenvalue weighted by Crippen LogP contribution is 2.23. The Kier molecular flexibility index (Phi) is 33.3. The van der Waals surface area contributed by atoms with Crippen molar-refractivity contribution in [2.24, 2.45) is 5.73 Å². The van der Waals surface area contributed by atoms with Gasteiger partial charge in [0.2, 0.25) is 5.91 Å². The van der Waals surface area contributed by atoms with Crippen molar-refractivity contribution in [2.75, 3.05) is 106 Å². The van der Waals surface area contributed by atoms with E-state index in [0.717, 1.165) is 90.2 Å². The molecule has 0 aromatic rings. The van der Waals surface area contributed by atoms with Crippen molar-refractivity contribution in [3.63, 3.8) is 0 Å². The van der Waals surface area contributed by atoms with Crippen LogP contribution in [-0.2, 0) is 38.2 Å². The number of aldehydes is 1. The monoisotopic (exact) mass is 903 g/mol. The molecule has 7 saturated heterocycles. The number of ether oxygens (including phenoxy) is 3. The Bertz CT molecular complexity index is 1170. The SMILES string of the molecule is C1C[C@H]2CCNCCN2C1.CCC=O.CCCN1CCC[C@H]1CC(=O)OC.COC(=O)C[C@@H]1CCCN1.COC(=O)C[C@@H]1CCCN1CCN.Cl.O=C1C[C@@H]2CCCN2CCN1. The average molecular weight is 904 g/mol. The second kappa shape index (κ2) is 35.9. The van der Waals surface area contributed by atoms with Crippen molar-refractivity contribution in [2.45, 2.75) is 153 Å². The fourth-order valence-corrected chi connectivity index (χ4v) is 9.24. The summed E-state index contributed by atoms with van der Waals surface area (Å²) in [5.41, 5.74) is 5.48. The molecule has 0 unspecified atom stereocenters. The van der Waals surface area contributed by atoms with E-state index in [1.807, 2.05) is 6.92 Å². The minimum absolute atomic E-state index is 0. The quantitative estimate of drug-likeness (QED) is 0.135. The van der Waals surface area contributed by atoms with Crippen LogP contribution in [0, 0.1) is 0 Å². The lowest BCUT2D eigenvalue weighted by Crippen LogP contribution is -2.35. The molecular weight excluding hydrogens is 816 g/mol. The number of hydrogen-bond donors (Lipinski definition) is 4. The number of hydrogen-bond acceptors (Lipinski definition) is 15. The lowest BCUT2D eigenvalue weighted by Gasteiger charge is -2.22. The van der Waals surface area contributed by atoms with Gasteiger partial charge in [0.15, 0.2) is 0 Å². The van der Waals surface area contributed by atoms with Gasteiger partial charge in [-0.25, -0.2) is 0 Å². The van der Waals surface area contributed by atoms with Crippen molar-refractivity contribution >= 4 is 42.5 Å². The van der Waals surface area contributed by atoms with Crippen LogP contribution in [0.5, 0.6) is 0 Å². The Balaban J connectivity index is 0.000000379. The van der Waals surface area contributed by atoms with Crippen molar-refractivity contribution in [3.8, 4) is 0 Å². The molecule has 7 fully saturated rings. The minimum atomic E-state index is -0.117. The number of nitrogens with zero attached hydrogens (tertiary/aromatic N) is 4. The topological polar surface area (TPSA) is 188 Å². The summed E-state index contributed by atoms with van der Waals surface area (Å²) in [5.74, 6) is -0.0688. The summed E-state index contributed by atoms with van der Waals surface area (Å²) < 4.78 is 13.8. The number of nitrogens with two attached hydrogens (primary N) is 1. The molecule has 7 aliphatic heterocycles. The van der Waals surface area contributed by atoms with Crippen LogP contribution in [0.2, 0.25) is 0 Å². The van der Waals surface area contributed by atoms with Gasteiger partial charge in [0.25, 0.3) is 0 Å². The number of likely N-dealkylation sites (tertiary alicyclic amines) is 2. The van der Waals surface area contributed by atoms with Gasteiger partial charge < -0.3 is 40.7 Å². The van der Waals surface area contributed by atoms with Crippen LogP contribution in [0.1, 0.15) is 123 Å². The predicted molar refractivity (Wildman–Crippen MR) is 247 cm³/mol. The number of carbonyl (C=O) groups excluding carboxylic acids is 5. The molecule has 362 valence electrons. The van der Waals surface area contributed by atoms with Crippen LogP contribution < -0.4 is 21.7 Å². The highest BCUT2D eigenvalue weighted by molar-refractivity contribution is 5.85. The van der Waals surface area contributed by atoms with E-state index in [2.05, 4.69) is 56.7 Å². The smallest absolute Gasteiger partial charge is 0.307 e. The third kappa shape index (κ3) is 24.0. The molecule has 0 spiro atoms. The predicted octanol–water partition coefficient (Wildman–Crippen LogP) is 3.13. The molecule has 7 aliphatic rings. The average Bonchev–Trinajstić information content (AvgIpc) is 4.14. The van der Waals surface area contributed by atoms with Crippen molar-refractivity contribution < 1.29 is 38.2 Å². The molecule has 0 aliphatic carbocycles. The van der Waals surface area contributed by atoms with E-state index in [-0.39, 0.29) is 36.2 Å². The van der Waals surface area contributed by atoms with Gasteiger partial charge in [-0.15, -0.1) is 12.4 Å². The van der Waals surface area contributed by atoms with Crippen LogP contribution >= 0.6 is 12.4 Å². The van der Waals surface area contributed by atoms with E-state index in [9.17, 15) is 24.0 Å². The van der Waals surface area contributed by atoms with Crippen LogP contribution in [0.3, 0.4) is 0 Å². The second-order valence-corrected chi connectivity index (χ2v) is 16.9. The van der Waals surface area contributed by atoms with Gasteiger partial charge in [0.1, 0.15) is 6.29 Å². The van der Waals surface area contributed by atoms with E-state index in [1.165, 1.54) is 105 Å². The summed E-state index contributed by atoms with van der Waals surface area (Å²) >= 11 is 0. The summed E-state index contributed by atoms with van der Waals surface area (Å²) in [4.78, 5) is 62.8. The maximum absolute atomic E-state index is 11.1. The first kappa shape index (κ1) is 57.6. The Morgan fingerprint density at radius 2 is 1.19 bits per heavy atom. The van der Waals surface area contributed by atoms with Gasteiger partial charge in [-0.1, -0.05) is 13.8 Å². The Labute approximate surface area is 380 Å². The van der Waals surface area contributed by atoms with E-state index in [4.69, 9.17) is 5.73 Å². The first-order valence-corrected chi connectivity index (χ1v) is 23.6. The summed E-state index contributed by atoms with van der Waals surface area (Å²) in [6.45, 7) is 18.1. The summed E-state index contributed by atoms with van der Waals surface area (Å²) in [6.07, 6.45) is 18.7. The molecular formula is C45H87ClN8O8.